The molecule has 0 aliphatic carbocycles. The fourth-order valence-corrected chi connectivity index (χ4v) is 1.24. The Labute approximate surface area is 79.3 Å². The second-order valence-corrected chi connectivity index (χ2v) is 8.45. The summed E-state index contributed by atoms with van der Waals surface area (Å²) >= 11 is 4.95. The highest BCUT2D eigenvalue weighted by molar-refractivity contribution is 6.83. The van der Waals surface area contributed by atoms with E-state index in [1.165, 1.54) is 0 Å². The Morgan fingerprint density at radius 1 is 1.50 bits per heavy atom. The molecule has 12 heavy (non-hydrogen) atoms. The van der Waals surface area contributed by atoms with Crippen LogP contribution in [0.25, 0.3) is 0 Å². The normalized spacial score (nSPS) is 10.0. The van der Waals surface area contributed by atoms with Crippen LogP contribution in [-0.4, -0.2) is 20.1 Å². The minimum absolute atomic E-state index is 0.291. The van der Waals surface area contributed by atoms with Crippen molar-refractivity contribution in [3.8, 4) is 11.5 Å². The number of carbonyl (C=O) groups is 1. The van der Waals surface area contributed by atoms with Crippen molar-refractivity contribution in [2.45, 2.75) is 26.1 Å². The van der Waals surface area contributed by atoms with Crippen LogP contribution in [0.4, 0.5) is 4.79 Å². The number of hydrogen-bond donors (Lipinski definition) is 0. The third-order valence-electron chi connectivity index (χ3n) is 0.906. The Balaban J connectivity index is 3.53. The van der Waals surface area contributed by atoms with E-state index in [1.54, 1.807) is 0 Å². The molecule has 0 radical (unpaired) electrons. The van der Waals surface area contributed by atoms with Gasteiger partial charge in [0.25, 0.3) is 0 Å². The highest BCUT2D eigenvalue weighted by Crippen LogP contribution is 1.96. The van der Waals surface area contributed by atoms with Gasteiger partial charge in [0.2, 0.25) is 0 Å². The molecule has 2 nitrogen and oxygen atoms in total. The van der Waals surface area contributed by atoms with Crippen LogP contribution in [0, 0.1) is 11.5 Å². The van der Waals surface area contributed by atoms with E-state index in [9.17, 15) is 4.79 Å². The molecule has 0 heterocycles. The topological polar surface area (TPSA) is 26.3 Å². The lowest BCUT2D eigenvalue weighted by Gasteiger charge is -2.03. The van der Waals surface area contributed by atoms with Crippen LogP contribution >= 0.6 is 11.6 Å². The molecule has 0 bridgehead atoms. The molecular weight excluding hydrogens is 192 g/mol. The van der Waals surface area contributed by atoms with Crippen LogP contribution in [0.2, 0.25) is 19.6 Å². The molecule has 4 heteroatoms. The lowest BCUT2D eigenvalue weighted by molar-refractivity contribution is 0.176. The number of ether oxygens (including phenoxy) is 1. The third-order valence-corrected chi connectivity index (χ3v) is 1.94. The van der Waals surface area contributed by atoms with E-state index >= 15 is 0 Å². The molecule has 0 N–H and O–H groups in total. The van der Waals surface area contributed by atoms with Gasteiger partial charge in [-0.15, -0.1) is 11.5 Å². The lowest BCUT2D eigenvalue weighted by Crippen LogP contribution is -2.16. The molecule has 0 aromatic heterocycles. The van der Waals surface area contributed by atoms with E-state index in [0.29, 0.717) is 13.0 Å². The summed E-state index contributed by atoms with van der Waals surface area (Å²) in [6, 6.07) is 0. The summed E-state index contributed by atoms with van der Waals surface area (Å²) < 4.78 is 4.50. The summed E-state index contributed by atoms with van der Waals surface area (Å²) in [7, 11) is -1.27. The highest BCUT2D eigenvalue weighted by Gasteiger charge is 2.06. The Hall–Kier alpha value is -0.463. The molecule has 68 valence electrons. The van der Waals surface area contributed by atoms with Crippen LogP contribution < -0.4 is 0 Å². The standard InChI is InChI=1S/C8H13ClO2Si/c1-12(2,3)7-5-4-6-11-8(9)10/h4,6H2,1-3H3. The second-order valence-electron chi connectivity index (χ2n) is 3.39. The molecule has 0 amide bonds. The van der Waals surface area contributed by atoms with Gasteiger partial charge in [-0.3, -0.25) is 0 Å². The largest absolute Gasteiger partial charge is 0.453 e. The lowest BCUT2D eigenvalue weighted by atomic mass is 10.5. The van der Waals surface area contributed by atoms with Crippen molar-refractivity contribution >= 4 is 25.1 Å². The first kappa shape index (κ1) is 11.5. The molecular formula is C8H13ClO2Si. The van der Waals surface area contributed by atoms with Crippen LogP contribution in [-0.2, 0) is 4.74 Å². The van der Waals surface area contributed by atoms with Gasteiger partial charge in [0.15, 0.2) is 0 Å². The van der Waals surface area contributed by atoms with Gasteiger partial charge in [0.1, 0.15) is 14.7 Å². The molecule has 0 atom stereocenters. The minimum Gasteiger partial charge on any atom is -0.453 e. The molecule has 0 saturated carbocycles. The third kappa shape index (κ3) is 9.54. The molecule has 0 saturated heterocycles. The first-order chi connectivity index (χ1) is 5.42. The van der Waals surface area contributed by atoms with Crippen LogP contribution in [0.5, 0.6) is 0 Å². The Kier molecular flexibility index (Phi) is 5.03. The van der Waals surface area contributed by atoms with Crippen molar-refractivity contribution < 1.29 is 9.53 Å². The molecule has 0 aliphatic rings. The van der Waals surface area contributed by atoms with Gasteiger partial charge >= 0.3 is 5.43 Å². The monoisotopic (exact) mass is 204 g/mol. The van der Waals surface area contributed by atoms with Crippen molar-refractivity contribution in [2.75, 3.05) is 6.61 Å². The summed E-state index contributed by atoms with van der Waals surface area (Å²) in [4.78, 5) is 10.1. The summed E-state index contributed by atoms with van der Waals surface area (Å²) in [6.07, 6.45) is 0.572. The van der Waals surface area contributed by atoms with Gasteiger partial charge in [-0.1, -0.05) is 19.6 Å². The number of carbonyl (C=O) groups excluding carboxylic acids is 1. The SMILES string of the molecule is C[Si](C)(C)C#CCCOC(=O)Cl. The molecule has 0 spiro atoms. The highest BCUT2D eigenvalue weighted by atomic mass is 35.5. The molecule has 0 aromatic rings. The Bertz CT molecular complexity index is 209. The molecule has 0 rings (SSSR count). The van der Waals surface area contributed by atoms with Crippen molar-refractivity contribution in [2.24, 2.45) is 0 Å². The molecule has 0 aromatic carbocycles. The van der Waals surface area contributed by atoms with E-state index in [1.807, 2.05) is 0 Å². The quantitative estimate of drug-likeness (QED) is 0.299. The summed E-state index contributed by atoms with van der Waals surface area (Å²) in [6.45, 7) is 6.77. The van der Waals surface area contributed by atoms with Gasteiger partial charge in [0, 0.05) is 18.0 Å². The van der Waals surface area contributed by atoms with Crippen molar-refractivity contribution in [1.82, 2.24) is 0 Å². The summed E-state index contributed by atoms with van der Waals surface area (Å²) in [5.41, 5.74) is 2.39. The average molecular weight is 205 g/mol. The number of hydrogen-bond acceptors (Lipinski definition) is 2. The van der Waals surface area contributed by atoms with E-state index in [0.717, 1.165) is 0 Å². The van der Waals surface area contributed by atoms with E-state index in [-0.39, 0.29) is 0 Å². The zero-order valence-electron chi connectivity index (χ0n) is 7.61. The van der Waals surface area contributed by atoms with Crippen LogP contribution in [0.3, 0.4) is 0 Å². The number of rotatable bonds is 2. The maximum atomic E-state index is 10.1. The first-order valence-electron chi connectivity index (χ1n) is 3.74. The predicted molar refractivity (Wildman–Crippen MR) is 52.9 cm³/mol. The Morgan fingerprint density at radius 2 is 2.08 bits per heavy atom. The fourth-order valence-electron chi connectivity index (χ4n) is 0.510. The zero-order chi connectivity index (χ0) is 9.61. The zero-order valence-corrected chi connectivity index (χ0v) is 9.36. The van der Waals surface area contributed by atoms with Gasteiger partial charge < -0.3 is 4.74 Å². The average Bonchev–Trinajstić information content (AvgIpc) is 1.83. The fraction of sp³-hybridized carbons (Fsp3) is 0.625. The van der Waals surface area contributed by atoms with Crippen molar-refractivity contribution in [3.63, 3.8) is 0 Å². The van der Waals surface area contributed by atoms with E-state index < -0.39 is 13.5 Å². The van der Waals surface area contributed by atoms with E-state index in [2.05, 4.69) is 35.8 Å². The van der Waals surface area contributed by atoms with Gasteiger partial charge in [0.05, 0.1) is 0 Å². The first-order valence-corrected chi connectivity index (χ1v) is 7.62. The smallest absolute Gasteiger partial charge is 0.403 e. The summed E-state index contributed by atoms with van der Waals surface area (Å²) in [5.74, 6) is 2.96. The number of halogens is 1. The van der Waals surface area contributed by atoms with Crippen molar-refractivity contribution in [3.05, 3.63) is 0 Å². The second kappa shape index (κ2) is 5.23. The minimum atomic E-state index is -1.27. The Morgan fingerprint density at radius 3 is 2.50 bits per heavy atom. The van der Waals surface area contributed by atoms with Crippen LogP contribution in [0.1, 0.15) is 6.42 Å². The van der Waals surface area contributed by atoms with Gasteiger partial charge in [-0.2, -0.15) is 0 Å². The molecule has 0 unspecified atom stereocenters. The maximum absolute atomic E-state index is 10.1. The molecule has 0 fully saturated rings. The van der Waals surface area contributed by atoms with Crippen molar-refractivity contribution in [1.29, 1.82) is 0 Å². The van der Waals surface area contributed by atoms with Gasteiger partial charge in [-0.05, 0) is 0 Å². The molecule has 0 aliphatic heterocycles. The van der Waals surface area contributed by atoms with Gasteiger partial charge in [-0.25, -0.2) is 4.79 Å². The van der Waals surface area contributed by atoms with E-state index in [4.69, 9.17) is 11.6 Å². The maximum Gasteiger partial charge on any atom is 0.403 e. The predicted octanol–water partition coefficient (Wildman–Crippen LogP) is 2.63. The van der Waals surface area contributed by atoms with Crippen LogP contribution in [0.15, 0.2) is 0 Å². The summed E-state index contributed by atoms with van der Waals surface area (Å²) in [5, 5.41) is 0.